The number of nitrogens with two attached hydrogens (primary N) is 1. The highest BCUT2D eigenvalue weighted by Gasteiger charge is 2.67. The maximum absolute atomic E-state index is 13.8. The molecule has 5 heteroatoms. The molecule has 2 rings (SSSR count). The summed E-state index contributed by atoms with van der Waals surface area (Å²) in [5.74, 6) is -3.80. The van der Waals surface area contributed by atoms with Crippen LogP contribution in [0.1, 0.15) is 37.2 Å². The minimum absolute atomic E-state index is 0.266. The Morgan fingerprint density at radius 2 is 2.15 bits per heavy atom. The first-order valence-electron chi connectivity index (χ1n) is 6.77. The minimum atomic E-state index is -2.65. The molecule has 2 N–H and O–H groups in total. The molecule has 0 bridgehead atoms. The van der Waals surface area contributed by atoms with Crippen molar-refractivity contribution in [3.63, 3.8) is 0 Å². The van der Waals surface area contributed by atoms with Crippen molar-refractivity contribution >= 4 is 5.91 Å². The number of ether oxygens (including phenoxy) is 1. The number of carbonyl (C=O) groups is 1. The lowest BCUT2D eigenvalue weighted by Crippen LogP contribution is -2.09. The number of hydrogen-bond donors (Lipinski definition) is 1. The van der Waals surface area contributed by atoms with Gasteiger partial charge in [0.05, 0.1) is 13.0 Å². The Morgan fingerprint density at radius 3 is 2.80 bits per heavy atom. The van der Waals surface area contributed by atoms with Crippen LogP contribution in [0.4, 0.5) is 8.78 Å². The second kappa shape index (κ2) is 5.77. The van der Waals surface area contributed by atoms with E-state index >= 15 is 0 Å². The number of carbonyl (C=O) groups excluding carboxylic acids is 1. The number of primary amides is 1. The van der Waals surface area contributed by atoms with Crippen LogP contribution in [0, 0.1) is 5.92 Å². The van der Waals surface area contributed by atoms with Crippen LogP contribution in [0.25, 0.3) is 0 Å². The van der Waals surface area contributed by atoms with E-state index in [1.54, 1.807) is 24.3 Å². The molecule has 1 aromatic rings. The Balaban J connectivity index is 1.93. The number of halogens is 2. The van der Waals surface area contributed by atoms with Gasteiger partial charge in [0.1, 0.15) is 5.75 Å². The van der Waals surface area contributed by atoms with E-state index in [1.165, 1.54) is 7.11 Å². The average molecular weight is 283 g/mol. The third-order valence-corrected chi connectivity index (χ3v) is 3.84. The van der Waals surface area contributed by atoms with E-state index in [9.17, 15) is 13.6 Å². The van der Waals surface area contributed by atoms with Crippen molar-refractivity contribution in [2.75, 3.05) is 7.11 Å². The van der Waals surface area contributed by atoms with Crippen LogP contribution in [-0.4, -0.2) is 18.9 Å². The van der Waals surface area contributed by atoms with E-state index in [2.05, 4.69) is 0 Å². The normalized spacial score (nSPS) is 23.4. The van der Waals surface area contributed by atoms with Crippen molar-refractivity contribution in [3.05, 3.63) is 29.8 Å². The van der Waals surface area contributed by atoms with E-state index in [1.807, 2.05) is 0 Å². The Kier molecular flexibility index (Phi) is 4.26. The number of rotatable bonds is 7. The van der Waals surface area contributed by atoms with Gasteiger partial charge in [-0.05, 0) is 30.5 Å². The topological polar surface area (TPSA) is 52.3 Å². The van der Waals surface area contributed by atoms with Crippen LogP contribution < -0.4 is 10.5 Å². The van der Waals surface area contributed by atoms with Gasteiger partial charge in [-0.15, -0.1) is 0 Å². The lowest BCUT2D eigenvalue weighted by atomic mass is 10.1. The van der Waals surface area contributed by atoms with Gasteiger partial charge in [0.25, 0.3) is 5.92 Å². The summed E-state index contributed by atoms with van der Waals surface area (Å²) >= 11 is 0. The van der Waals surface area contributed by atoms with E-state index in [0.717, 1.165) is 0 Å². The smallest absolute Gasteiger partial charge is 0.258 e. The molecule has 1 aliphatic carbocycles. The SMILES string of the molecule is COc1cccc(C2C(CCCCC(N)=O)C2(F)F)c1. The number of benzene rings is 1. The lowest BCUT2D eigenvalue weighted by Gasteiger charge is -2.03. The maximum Gasteiger partial charge on any atom is 0.258 e. The summed E-state index contributed by atoms with van der Waals surface area (Å²) in [6.45, 7) is 0. The van der Waals surface area contributed by atoms with Gasteiger partial charge in [0.2, 0.25) is 5.91 Å². The second-order valence-corrected chi connectivity index (χ2v) is 5.25. The van der Waals surface area contributed by atoms with Crippen molar-refractivity contribution in [1.29, 1.82) is 0 Å². The molecule has 0 aliphatic heterocycles. The van der Waals surface area contributed by atoms with Crippen LogP contribution in [-0.2, 0) is 4.79 Å². The monoisotopic (exact) mass is 283 g/mol. The standard InChI is InChI=1S/C15H19F2NO2/c1-20-11-6-4-5-10(9-11)14-12(15(14,16)17)7-2-3-8-13(18)19/h4-6,9,12,14H,2-3,7-8H2,1H3,(H2,18,19). The molecule has 1 saturated carbocycles. The van der Waals surface area contributed by atoms with Gasteiger partial charge in [0, 0.05) is 12.3 Å². The Morgan fingerprint density at radius 1 is 1.40 bits per heavy atom. The first-order valence-corrected chi connectivity index (χ1v) is 6.77. The molecule has 0 spiro atoms. The molecule has 1 fully saturated rings. The summed E-state index contributed by atoms with van der Waals surface area (Å²) in [6.07, 6.45) is 1.86. The number of amides is 1. The van der Waals surface area contributed by atoms with Crippen LogP contribution in [0.2, 0.25) is 0 Å². The number of methoxy groups -OCH3 is 1. The highest BCUT2D eigenvalue weighted by Crippen LogP contribution is 2.63. The lowest BCUT2D eigenvalue weighted by molar-refractivity contribution is -0.118. The van der Waals surface area contributed by atoms with Crippen molar-refractivity contribution in [3.8, 4) is 5.75 Å². The molecule has 1 aromatic carbocycles. The molecule has 2 unspecified atom stereocenters. The Bertz CT molecular complexity index is 491. The first-order chi connectivity index (χ1) is 9.46. The molecular weight excluding hydrogens is 264 g/mol. The third-order valence-electron chi connectivity index (χ3n) is 3.84. The molecule has 1 aliphatic rings. The van der Waals surface area contributed by atoms with E-state index in [4.69, 9.17) is 10.5 Å². The zero-order valence-corrected chi connectivity index (χ0v) is 11.4. The number of hydrogen-bond acceptors (Lipinski definition) is 2. The predicted molar refractivity (Wildman–Crippen MR) is 71.8 cm³/mol. The van der Waals surface area contributed by atoms with E-state index < -0.39 is 17.8 Å². The third kappa shape index (κ3) is 3.08. The molecule has 110 valence electrons. The molecule has 0 heterocycles. The first kappa shape index (κ1) is 14.8. The quantitative estimate of drug-likeness (QED) is 0.782. The van der Waals surface area contributed by atoms with Crippen molar-refractivity contribution in [2.45, 2.75) is 37.5 Å². The number of unbranched alkanes of at least 4 members (excludes halogenated alkanes) is 1. The van der Waals surface area contributed by atoms with Gasteiger partial charge < -0.3 is 10.5 Å². The summed E-state index contributed by atoms with van der Waals surface area (Å²) in [4.78, 5) is 10.6. The summed E-state index contributed by atoms with van der Waals surface area (Å²) in [5.41, 5.74) is 5.65. The largest absolute Gasteiger partial charge is 0.497 e. The number of alkyl halides is 2. The van der Waals surface area contributed by atoms with Crippen LogP contribution in [0.15, 0.2) is 24.3 Å². The van der Waals surface area contributed by atoms with Crippen molar-refractivity contribution in [1.82, 2.24) is 0 Å². The Labute approximate surface area is 117 Å². The minimum Gasteiger partial charge on any atom is -0.497 e. The van der Waals surface area contributed by atoms with E-state index in [0.29, 0.717) is 30.6 Å². The molecule has 3 nitrogen and oxygen atoms in total. The second-order valence-electron chi connectivity index (χ2n) is 5.25. The Hall–Kier alpha value is -1.65. The van der Waals surface area contributed by atoms with Crippen LogP contribution in [0.3, 0.4) is 0 Å². The van der Waals surface area contributed by atoms with Crippen molar-refractivity contribution in [2.24, 2.45) is 11.7 Å². The zero-order chi connectivity index (χ0) is 14.8. The van der Waals surface area contributed by atoms with Crippen LogP contribution >= 0.6 is 0 Å². The van der Waals surface area contributed by atoms with Gasteiger partial charge in [-0.1, -0.05) is 18.6 Å². The molecule has 20 heavy (non-hydrogen) atoms. The van der Waals surface area contributed by atoms with Gasteiger partial charge in [0.15, 0.2) is 0 Å². The van der Waals surface area contributed by atoms with Gasteiger partial charge in [-0.3, -0.25) is 4.79 Å². The molecular formula is C15H19F2NO2. The highest BCUT2D eigenvalue weighted by molar-refractivity contribution is 5.73. The average Bonchev–Trinajstić information content (AvgIpc) is 2.96. The highest BCUT2D eigenvalue weighted by atomic mass is 19.3. The van der Waals surface area contributed by atoms with Gasteiger partial charge in [-0.25, -0.2) is 8.78 Å². The summed E-state index contributed by atoms with van der Waals surface area (Å²) in [5, 5.41) is 0. The summed E-state index contributed by atoms with van der Waals surface area (Å²) < 4.78 is 32.7. The molecule has 0 saturated heterocycles. The fourth-order valence-electron chi connectivity index (χ4n) is 2.70. The predicted octanol–water partition coefficient (Wildman–Crippen LogP) is 3.09. The fraction of sp³-hybridized carbons (Fsp3) is 0.533. The van der Waals surface area contributed by atoms with Crippen molar-refractivity contribution < 1.29 is 18.3 Å². The summed E-state index contributed by atoms with van der Waals surface area (Å²) in [7, 11) is 1.52. The van der Waals surface area contributed by atoms with Gasteiger partial charge in [-0.2, -0.15) is 0 Å². The molecule has 1 amide bonds. The van der Waals surface area contributed by atoms with Crippen LogP contribution in [0.5, 0.6) is 5.75 Å². The molecule has 0 radical (unpaired) electrons. The molecule has 2 atom stereocenters. The van der Waals surface area contributed by atoms with E-state index in [-0.39, 0.29) is 12.3 Å². The maximum atomic E-state index is 13.8. The summed E-state index contributed by atoms with van der Waals surface area (Å²) in [6, 6.07) is 6.85. The molecule has 0 aromatic heterocycles. The fourth-order valence-corrected chi connectivity index (χ4v) is 2.70. The zero-order valence-electron chi connectivity index (χ0n) is 11.4. The van der Waals surface area contributed by atoms with Gasteiger partial charge >= 0.3 is 0 Å².